The molecular weight excluding hydrogens is 394 g/mol. The van der Waals surface area contributed by atoms with Crippen molar-refractivity contribution in [3.05, 3.63) is 58.6 Å². The van der Waals surface area contributed by atoms with Crippen LogP contribution in [0.2, 0.25) is 5.02 Å². The van der Waals surface area contributed by atoms with Crippen LogP contribution in [-0.4, -0.2) is 24.8 Å². The van der Waals surface area contributed by atoms with Gasteiger partial charge in [0.1, 0.15) is 0 Å². The van der Waals surface area contributed by atoms with E-state index in [0.717, 1.165) is 5.56 Å². The normalized spacial score (nSPS) is 13.6. The molecule has 7 heteroatoms. The lowest BCUT2D eigenvalue weighted by Gasteiger charge is -2.16. The Morgan fingerprint density at radius 2 is 1.93 bits per heavy atom. The average Bonchev–Trinajstić information content (AvgIpc) is 3.16. The smallest absolute Gasteiger partial charge is 0.331 e. The number of halogens is 1. The van der Waals surface area contributed by atoms with Gasteiger partial charge in [0.25, 0.3) is 5.91 Å². The van der Waals surface area contributed by atoms with Gasteiger partial charge in [-0.05, 0) is 48.2 Å². The predicted molar refractivity (Wildman–Crippen MR) is 111 cm³/mol. The first-order valence-electron chi connectivity index (χ1n) is 9.22. The molecule has 0 saturated carbocycles. The van der Waals surface area contributed by atoms with Crippen molar-refractivity contribution >= 4 is 35.2 Å². The minimum atomic E-state index is -0.951. The molecule has 0 aromatic heterocycles. The zero-order valence-corrected chi connectivity index (χ0v) is 17.2. The number of esters is 1. The fraction of sp³-hybridized carbons (Fsp3) is 0.273. The van der Waals surface area contributed by atoms with Gasteiger partial charge < -0.3 is 19.5 Å². The summed E-state index contributed by atoms with van der Waals surface area (Å²) >= 11 is 6.12. The maximum absolute atomic E-state index is 12.4. The summed E-state index contributed by atoms with van der Waals surface area (Å²) in [5, 5.41) is 3.21. The minimum Gasteiger partial charge on any atom is -0.454 e. The van der Waals surface area contributed by atoms with Gasteiger partial charge in [-0.3, -0.25) is 4.79 Å². The molecule has 29 heavy (non-hydrogen) atoms. The molecule has 0 aliphatic carbocycles. The van der Waals surface area contributed by atoms with E-state index in [1.165, 1.54) is 19.1 Å². The van der Waals surface area contributed by atoms with Gasteiger partial charge in [-0.1, -0.05) is 43.6 Å². The highest BCUT2D eigenvalue weighted by molar-refractivity contribution is 6.32. The number of amides is 1. The molecule has 3 rings (SSSR count). The molecule has 0 spiro atoms. The Hall–Kier alpha value is -2.99. The van der Waals surface area contributed by atoms with Gasteiger partial charge in [-0.2, -0.15) is 0 Å². The lowest BCUT2D eigenvalue weighted by Crippen LogP contribution is -2.29. The van der Waals surface area contributed by atoms with E-state index in [2.05, 4.69) is 5.32 Å². The first-order chi connectivity index (χ1) is 13.8. The topological polar surface area (TPSA) is 73.9 Å². The number of rotatable bonds is 6. The first-order valence-corrected chi connectivity index (χ1v) is 9.60. The second kappa shape index (κ2) is 9.01. The number of benzene rings is 2. The molecule has 2 aromatic carbocycles. The number of carbonyl (C=O) groups is 2. The van der Waals surface area contributed by atoms with Crippen molar-refractivity contribution in [2.24, 2.45) is 0 Å². The van der Waals surface area contributed by atoms with Crippen LogP contribution < -0.4 is 14.8 Å². The molecule has 0 bridgehead atoms. The Labute approximate surface area is 174 Å². The summed E-state index contributed by atoms with van der Waals surface area (Å²) < 4.78 is 15.7. The third-order valence-electron chi connectivity index (χ3n) is 4.36. The highest BCUT2D eigenvalue weighted by Gasteiger charge is 2.19. The van der Waals surface area contributed by atoms with Crippen molar-refractivity contribution in [1.82, 2.24) is 0 Å². The molecule has 1 N–H and O–H groups in total. The SMILES string of the molecule is CC(C)c1ccccc1NC(=O)[C@@H](C)OC(=O)/C=C/c1cc(Cl)c2c(c1)OCO2. The van der Waals surface area contributed by atoms with Crippen LogP contribution in [0.5, 0.6) is 11.5 Å². The summed E-state index contributed by atoms with van der Waals surface area (Å²) in [6.45, 7) is 5.72. The van der Waals surface area contributed by atoms with Crippen LogP contribution in [0.25, 0.3) is 6.08 Å². The highest BCUT2D eigenvalue weighted by Crippen LogP contribution is 2.40. The number of anilines is 1. The molecule has 2 aromatic rings. The average molecular weight is 416 g/mol. The Balaban J connectivity index is 1.60. The van der Waals surface area contributed by atoms with Crippen LogP contribution in [0.3, 0.4) is 0 Å². The number of hydrogen-bond donors (Lipinski definition) is 1. The van der Waals surface area contributed by atoms with Crippen molar-refractivity contribution in [3.8, 4) is 11.5 Å². The quantitative estimate of drug-likeness (QED) is 0.543. The van der Waals surface area contributed by atoms with E-state index < -0.39 is 18.0 Å². The van der Waals surface area contributed by atoms with E-state index >= 15 is 0 Å². The predicted octanol–water partition coefficient (Wildman–Crippen LogP) is 4.78. The van der Waals surface area contributed by atoms with Crippen molar-refractivity contribution in [2.45, 2.75) is 32.8 Å². The Bertz CT molecular complexity index is 954. The van der Waals surface area contributed by atoms with Crippen LogP contribution in [0, 0.1) is 0 Å². The summed E-state index contributed by atoms with van der Waals surface area (Å²) in [6, 6.07) is 10.9. The van der Waals surface area contributed by atoms with Crippen molar-refractivity contribution in [1.29, 1.82) is 0 Å². The summed E-state index contributed by atoms with van der Waals surface area (Å²) in [7, 11) is 0. The maximum Gasteiger partial charge on any atom is 0.331 e. The largest absolute Gasteiger partial charge is 0.454 e. The molecule has 6 nitrogen and oxygen atoms in total. The lowest BCUT2D eigenvalue weighted by molar-refractivity contribution is -0.148. The molecule has 0 saturated heterocycles. The summed E-state index contributed by atoms with van der Waals surface area (Å²) in [5.41, 5.74) is 2.37. The summed E-state index contributed by atoms with van der Waals surface area (Å²) in [6.07, 6.45) is 1.82. The minimum absolute atomic E-state index is 0.108. The summed E-state index contributed by atoms with van der Waals surface area (Å²) in [5.74, 6) is 0.214. The number of ether oxygens (including phenoxy) is 3. The molecule has 1 aliphatic heterocycles. The van der Waals surface area contributed by atoms with Crippen LogP contribution >= 0.6 is 11.6 Å². The molecule has 1 heterocycles. The summed E-state index contributed by atoms with van der Waals surface area (Å²) in [4.78, 5) is 24.5. The van der Waals surface area contributed by atoms with E-state index in [4.69, 9.17) is 25.8 Å². The van der Waals surface area contributed by atoms with Gasteiger partial charge in [0, 0.05) is 11.8 Å². The van der Waals surface area contributed by atoms with Crippen LogP contribution in [0.1, 0.15) is 37.8 Å². The van der Waals surface area contributed by atoms with Crippen LogP contribution in [0.15, 0.2) is 42.5 Å². The number of hydrogen-bond acceptors (Lipinski definition) is 5. The van der Waals surface area contributed by atoms with Gasteiger partial charge in [0.15, 0.2) is 17.6 Å². The first kappa shape index (κ1) is 20.7. The van der Waals surface area contributed by atoms with Crippen LogP contribution in [0.4, 0.5) is 5.69 Å². The molecule has 1 aliphatic rings. The standard InChI is InChI=1S/C22H22ClNO5/c1-13(2)16-6-4-5-7-18(16)24-22(26)14(3)29-20(25)9-8-15-10-17(23)21-19(11-15)27-12-28-21/h4-11,13-14H,12H2,1-3H3,(H,24,26)/b9-8+/t14-/m1/s1. The fourth-order valence-corrected chi connectivity index (χ4v) is 3.14. The molecule has 0 unspecified atom stereocenters. The van der Waals surface area contributed by atoms with Gasteiger partial charge >= 0.3 is 5.97 Å². The molecular formula is C22H22ClNO5. The fourth-order valence-electron chi connectivity index (χ4n) is 2.86. The van der Waals surface area contributed by atoms with E-state index in [0.29, 0.717) is 27.8 Å². The Morgan fingerprint density at radius 3 is 2.69 bits per heavy atom. The third kappa shape index (κ3) is 5.09. The van der Waals surface area contributed by atoms with Gasteiger partial charge in [-0.25, -0.2) is 4.79 Å². The molecule has 1 atom stereocenters. The zero-order valence-electron chi connectivity index (χ0n) is 16.4. The van der Waals surface area contributed by atoms with Gasteiger partial charge in [0.05, 0.1) is 5.02 Å². The van der Waals surface area contributed by atoms with Crippen LogP contribution in [-0.2, 0) is 14.3 Å². The number of carbonyl (C=O) groups excluding carboxylic acids is 2. The Morgan fingerprint density at radius 1 is 1.17 bits per heavy atom. The van der Waals surface area contributed by atoms with E-state index in [1.807, 2.05) is 38.1 Å². The van der Waals surface area contributed by atoms with Gasteiger partial charge in [0.2, 0.25) is 6.79 Å². The molecule has 0 fully saturated rings. The lowest BCUT2D eigenvalue weighted by atomic mass is 10.0. The van der Waals surface area contributed by atoms with E-state index in [-0.39, 0.29) is 12.7 Å². The van der Waals surface area contributed by atoms with Gasteiger partial charge in [-0.15, -0.1) is 0 Å². The number of nitrogens with one attached hydrogen (secondary N) is 1. The second-order valence-electron chi connectivity index (χ2n) is 6.88. The molecule has 1 amide bonds. The van der Waals surface area contributed by atoms with Crippen molar-refractivity contribution in [3.63, 3.8) is 0 Å². The number of fused-ring (bicyclic) bond motifs is 1. The van der Waals surface area contributed by atoms with E-state index in [9.17, 15) is 9.59 Å². The number of para-hydroxylation sites is 1. The Kier molecular flexibility index (Phi) is 6.44. The maximum atomic E-state index is 12.4. The monoisotopic (exact) mass is 415 g/mol. The van der Waals surface area contributed by atoms with Crippen molar-refractivity contribution in [2.75, 3.05) is 12.1 Å². The highest BCUT2D eigenvalue weighted by atomic mass is 35.5. The zero-order chi connectivity index (χ0) is 21.0. The van der Waals surface area contributed by atoms with Crippen molar-refractivity contribution < 1.29 is 23.8 Å². The molecule has 152 valence electrons. The third-order valence-corrected chi connectivity index (χ3v) is 4.64. The van der Waals surface area contributed by atoms with E-state index in [1.54, 1.807) is 12.1 Å². The second-order valence-corrected chi connectivity index (χ2v) is 7.29. The molecule has 0 radical (unpaired) electrons.